The molecule has 0 spiro atoms. The van der Waals surface area contributed by atoms with Crippen LogP contribution in [0.1, 0.15) is 44.7 Å². The summed E-state index contributed by atoms with van der Waals surface area (Å²) >= 11 is 0. The van der Waals surface area contributed by atoms with Crippen molar-refractivity contribution in [1.29, 1.82) is 0 Å². The van der Waals surface area contributed by atoms with Gasteiger partial charge in [0.05, 0.1) is 24.0 Å². The number of primary amides is 1. The molecule has 4 rings (SSSR count). The van der Waals surface area contributed by atoms with Gasteiger partial charge < -0.3 is 35.8 Å². The third-order valence-corrected chi connectivity index (χ3v) is 7.72. The number of carbonyl (C=O) groups is 4. The predicted molar refractivity (Wildman–Crippen MR) is 140 cm³/mol. The van der Waals surface area contributed by atoms with E-state index >= 15 is 0 Å². The maximum Gasteiger partial charge on any atom is 0.411 e. The largest absolute Gasteiger partial charge is 0.507 e. The summed E-state index contributed by atoms with van der Waals surface area (Å²) in [5.41, 5.74) is 2.89. The van der Waals surface area contributed by atoms with E-state index in [2.05, 4.69) is 5.32 Å². The molecule has 0 bridgehead atoms. The highest BCUT2D eigenvalue weighted by atomic mass is 16.5. The number of aliphatic hydroxyl groups excluding tert-OH is 2. The van der Waals surface area contributed by atoms with Gasteiger partial charge in [0.2, 0.25) is 11.7 Å². The van der Waals surface area contributed by atoms with Crippen LogP contribution < -0.4 is 16.0 Å². The summed E-state index contributed by atoms with van der Waals surface area (Å²) in [5, 5.41) is 46.8. The molecule has 2 fully saturated rings. The molecule has 0 aliphatic heterocycles. The van der Waals surface area contributed by atoms with Crippen LogP contribution in [0.5, 0.6) is 5.75 Å². The van der Waals surface area contributed by atoms with Crippen molar-refractivity contribution in [3.63, 3.8) is 0 Å². The fourth-order valence-electron chi connectivity index (χ4n) is 5.90. The number of nitrogens with one attached hydrogen (secondary N) is 1. The molecule has 2 amide bonds. The van der Waals surface area contributed by atoms with Gasteiger partial charge in [-0.25, -0.2) is 4.79 Å². The number of phenolic OH excluding ortho intramolecular Hbond substituents is 1. The molecule has 0 aromatic heterocycles. The Hall–Kier alpha value is -3.64. The number of hydrogen-bond donors (Lipinski definition) is 6. The molecule has 39 heavy (non-hydrogen) atoms. The van der Waals surface area contributed by atoms with Crippen molar-refractivity contribution < 1.29 is 44.3 Å². The van der Waals surface area contributed by atoms with E-state index in [4.69, 9.17) is 10.5 Å². The van der Waals surface area contributed by atoms with Crippen LogP contribution in [-0.4, -0.2) is 76.4 Å². The first kappa shape index (κ1) is 28.4. The number of ketones is 2. The zero-order chi connectivity index (χ0) is 29.2. The quantitative estimate of drug-likeness (QED) is 0.236. The van der Waals surface area contributed by atoms with Gasteiger partial charge in [0, 0.05) is 31.3 Å². The van der Waals surface area contributed by atoms with E-state index in [0.717, 1.165) is 0 Å². The van der Waals surface area contributed by atoms with Crippen LogP contribution in [0.3, 0.4) is 0 Å². The van der Waals surface area contributed by atoms with Crippen LogP contribution in [0.4, 0.5) is 16.2 Å². The van der Waals surface area contributed by atoms with E-state index in [-0.39, 0.29) is 48.1 Å². The van der Waals surface area contributed by atoms with Crippen LogP contribution in [0.2, 0.25) is 0 Å². The van der Waals surface area contributed by atoms with Gasteiger partial charge in [-0.3, -0.25) is 19.7 Å². The normalized spacial score (nSPS) is 28.3. The van der Waals surface area contributed by atoms with Gasteiger partial charge in [-0.05, 0) is 42.2 Å². The standard InChI is InChI=1S/C27H35N3O9/c1-26(2,3)10-39-25(37)29-14-9-15(30(4)5)13-7-11-6-12-8-16(31)19(24(28)36)23(35)27(12,38)22(34)17(11)21(33)18(13)20(14)32/h9,11-12,16,19,31-33,38H,6-8,10H2,1-5H3,(H2,28,36)(H,29,37)/t11-,12+,16?,19?,27+/m1/s1. The van der Waals surface area contributed by atoms with Crippen LogP contribution >= 0.6 is 0 Å². The highest BCUT2D eigenvalue weighted by Crippen LogP contribution is 2.53. The Morgan fingerprint density at radius 1 is 1.21 bits per heavy atom. The molecule has 1 aromatic rings. The van der Waals surface area contributed by atoms with Crippen LogP contribution in [0.15, 0.2) is 11.6 Å². The fourth-order valence-corrected chi connectivity index (χ4v) is 5.90. The molecule has 7 N–H and O–H groups in total. The number of benzene rings is 1. The van der Waals surface area contributed by atoms with Crippen LogP contribution in [0.25, 0.3) is 5.76 Å². The third-order valence-electron chi connectivity index (χ3n) is 7.72. The molecule has 5 atom stereocenters. The summed E-state index contributed by atoms with van der Waals surface area (Å²) < 4.78 is 5.23. The summed E-state index contributed by atoms with van der Waals surface area (Å²) in [6.45, 7) is 5.74. The lowest BCUT2D eigenvalue weighted by atomic mass is 9.56. The first-order valence-corrected chi connectivity index (χ1v) is 12.7. The van der Waals surface area contributed by atoms with Gasteiger partial charge in [-0.2, -0.15) is 0 Å². The number of aliphatic hydroxyl groups is 3. The highest BCUT2D eigenvalue weighted by molar-refractivity contribution is 6.24. The molecular weight excluding hydrogens is 510 g/mol. The number of Topliss-reactive ketones (excluding diaryl/α,β-unsaturated/α-hetero) is 2. The maximum atomic E-state index is 13.7. The number of amides is 2. The zero-order valence-electron chi connectivity index (χ0n) is 22.6. The first-order valence-electron chi connectivity index (χ1n) is 12.7. The molecule has 2 saturated carbocycles. The molecule has 2 unspecified atom stereocenters. The average Bonchev–Trinajstić information content (AvgIpc) is 2.80. The van der Waals surface area contributed by atoms with Crippen molar-refractivity contribution in [1.82, 2.24) is 0 Å². The third kappa shape index (κ3) is 4.61. The minimum Gasteiger partial charge on any atom is -0.507 e. The second-order valence-electron chi connectivity index (χ2n) is 12.0. The minimum atomic E-state index is -2.66. The number of nitrogens with two attached hydrogens (primary N) is 1. The Bertz CT molecular complexity index is 1300. The Morgan fingerprint density at radius 2 is 1.85 bits per heavy atom. The smallest absolute Gasteiger partial charge is 0.411 e. The number of anilines is 2. The van der Waals surface area contributed by atoms with Gasteiger partial charge in [-0.15, -0.1) is 0 Å². The van der Waals surface area contributed by atoms with E-state index in [1.165, 1.54) is 6.07 Å². The topological polar surface area (TPSA) is 200 Å². The number of aromatic hydroxyl groups is 1. The van der Waals surface area contributed by atoms with Gasteiger partial charge in [0.25, 0.3) is 0 Å². The Labute approximate surface area is 225 Å². The molecule has 3 aliphatic carbocycles. The SMILES string of the molecule is CN(C)c1cc(NC(=O)OCC(C)(C)C)c(O)c2c1C[C@H]1C[C@H]3CC(O)C(C(N)=O)C(=O)[C@@]3(O)C(=O)C1=C2O. The number of hydrogen-bond acceptors (Lipinski definition) is 10. The lowest BCUT2D eigenvalue weighted by molar-refractivity contribution is -0.174. The Kier molecular flexibility index (Phi) is 6.93. The molecule has 3 aliphatic rings. The molecule has 212 valence electrons. The number of nitrogens with zero attached hydrogens (tertiary/aromatic N) is 1. The van der Waals surface area contributed by atoms with E-state index in [1.807, 2.05) is 20.8 Å². The monoisotopic (exact) mass is 545 g/mol. The lowest BCUT2D eigenvalue weighted by Crippen LogP contribution is -2.66. The molecule has 0 radical (unpaired) electrons. The first-order chi connectivity index (χ1) is 18.0. The predicted octanol–water partition coefficient (Wildman–Crippen LogP) is 1.25. The van der Waals surface area contributed by atoms with Crippen molar-refractivity contribution in [2.75, 3.05) is 30.9 Å². The Morgan fingerprint density at radius 3 is 2.41 bits per heavy atom. The van der Waals surface area contributed by atoms with Crippen LogP contribution in [0, 0.1) is 23.2 Å². The molecule has 12 nitrogen and oxygen atoms in total. The summed E-state index contributed by atoms with van der Waals surface area (Å²) in [6.07, 6.45) is -2.27. The second-order valence-corrected chi connectivity index (χ2v) is 12.0. The Balaban J connectivity index is 1.81. The lowest BCUT2D eigenvalue weighted by Gasteiger charge is -2.48. The van der Waals surface area contributed by atoms with E-state index in [1.54, 1.807) is 19.0 Å². The zero-order valence-corrected chi connectivity index (χ0v) is 22.6. The molecule has 0 saturated heterocycles. The number of phenols is 1. The van der Waals surface area contributed by atoms with Gasteiger partial charge in [0.15, 0.2) is 17.1 Å². The summed E-state index contributed by atoms with van der Waals surface area (Å²) in [6, 6.07) is 1.52. The van der Waals surface area contributed by atoms with Crippen molar-refractivity contribution in [3.8, 4) is 5.75 Å². The number of rotatable bonds is 4. The summed E-state index contributed by atoms with van der Waals surface area (Å²) in [5.74, 6) is -8.03. The van der Waals surface area contributed by atoms with Crippen molar-refractivity contribution in [3.05, 3.63) is 22.8 Å². The number of fused-ring (bicyclic) bond motifs is 3. The van der Waals surface area contributed by atoms with E-state index < -0.39 is 64.5 Å². The van der Waals surface area contributed by atoms with Gasteiger partial charge >= 0.3 is 6.09 Å². The van der Waals surface area contributed by atoms with Crippen molar-refractivity contribution >= 4 is 40.7 Å². The van der Waals surface area contributed by atoms with Crippen LogP contribution in [-0.2, 0) is 25.5 Å². The summed E-state index contributed by atoms with van der Waals surface area (Å²) in [7, 11) is 3.46. The second kappa shape index (κ2) is 9.53. The molecule has 0 heterocycles. The van der Waals surface area contributed by atoms with Crippen molar-refractivity contribution in [2.24, 2.45) is 28.9 Å². The maximum absolute atomic E-state index is 13.7. The average molecular weight is 546 g/mol. The van der Waals surface area contributed by atoms with E-state index in [9.17, 15) is 39.6 Å². The molecular formula is C27H35N3O9. The fraction of sp³-hybridized carbons (Fsp3) is 0.556. The number of ether oxygens (including phenoxy) is 1. The molecule has 12 heteroatoms. The van der Waals surface area contributed by atoms with Gasteiger partial charge in [-0.1, -0.05) is 20.8 Å². The minimum absolute atomic E-state index is 0.0577. The van der Waals surface area contributed by atoms with E-state index in [0.29, 0.717) is 11.3 Å². The van der Waals surface area contributed by atoms with Crippen molar-refractivity contribution in [2.45, 2.75) is 51.7 Å². The highest BCUT2D eigenvalue weighted by Gasteiger charge is 2.64. The number of carbonyl (C=O) groups excluding carboxylic acids is 4. The summed E-state index contributed by atoms with van der Waals surface area (Å²) in [4.78, 5) is 52.9. The molecule has 1 aromatic carbocycles. The van der Waals surface area contributed by atoms with Gasteiger partial charge in [0.1, 0.15) is 11.7 Å².